The molecule has 0 saturated heterocycles. The van der Waals surface area contributed by atoms with Gasteiger partial charge in [-0.1, -0.05) is 200 Å². The van der Waals surface area contributed by atoms with Gasteiger partial charge in [0.25, 0.3) is 0 Å². The Balaban J connectivity index is 0.982. The van der Waals surface area contributed by atoms with Crippen LogP contribution in [-0.4, -0.2) is 9.97 Å². The van der Waals surface area contributed by atoms with Gasteiger partial charge in [-0.05, 0) is 86.0 Å². The van der Waals surface area contributed by atoms with E-state index in [1.165, 1.54) is 38.9 Å². The van der Waals surface area contributed by atoms with Crippen molar-refractivity contribution in [2.24, 2.45) is 0 Å². The van der Waals surface area contributed by atoms with Gasteiger partial charge in [0.1, 0.15) is 11.2 Å². The van der Waals surface area contributed by atoms with Crippen molar-refractivity contribution in [1.82, 2.24) is 9.97 Å². The number of hydrogen-bond acceptors (Lipinski definition) is 3. The third kappa shape index (κ3) is 5.74. The van der Waals surface area contributed by atoms with E-state index in [9.17, 15) is 0 Å². The fourth-order valence-electron chi connectivity index (χ4n) is 9.79. The van der Waals surface area contributed by atoms with Gasteiger partial charge in [0.2, 0.25) is 0 Å². The van der Waals surface area contributed by atoms with E-state index < -0.39 is 5.41 Å². The number of aromatic nitrogens is 2. The van der Waals surface area contributed by atoms with Crippen molar-refractivity contribution >= 4 is 21.9 Å². The maximum absolute atomic E-state index is 6.11. The zero-order chi connectivity index (χ0) is 41.0. The molecule has 0 aliphatic heterocycles. The van der Waals surface area contributed by atoms with Crippen molar-refractivity contribution in [1.29, 1.82) is 0 Å². The lowest BCUT2D eigenvalue weighted by Crippen LogP contribution is -2.29. The third-order valence-electron chi connectivity index (χ3n) is 12.6. The summed E-state index contributed by atoms with van der Waals surface area (Å²) in [6.45, 7) is 0. The number of fused-ring (bicyclic) bond motifs is 6. The molecule has 1 aliphatic rings. The molecule has 0 atom stereocenters. The van der Waals surface area contributed by atoms with E-state index >= 15 is 0 Å². The maximum Gasteiger partial charge on any atom is 0.160 e. The van der Waals surface area contributed by atoms with Crippen LogP contribution in [0.2, 0.25) is 0 Å². The zero-order valence-electron chi connectivity index (χ0n) is 33.7. The number of para-hydroxylation sites is 1. The molecule has 2 heterocycles. The van der Waals surface area contributed by atoms with Crippen molar-refractivity contribution in [2.45, 2.75) is 5.41 Å². The normalized spacial score (nSPS) is 12.6. The topological polar surface area (TPSA) is 38.9 Å². The summed E-state index contributed by atoms with van der Waals surface area (Å²) in [5.74, 6) is 0.687. The minimum atomic E-state index is -0.520. The Morgan fingerprint density at radius 3 is 1.55 bits per heavy atom. The highest BCUT2D eigenvalue weighted by Gasteiger charge is 2.46. The molecule has 0 amide bonds. The summed E-state index contributed by atoms with van der Waals surface area (Å²) in [6, 6.07) is 82.4. The van der Waals surface area contributed by atoms with Gasteiger partial charge in [0, 0.05) is 27.5 Å². The third-order valence-corrected chi connectivity index (χ3v) is 12.6. The van der Waals surface area contributed by atoms with Gasteiger partial charge < -0.3 is 4.42 Å². The molecule has 0 spiro atoms. The lowest BCUT2D eigenvalue weighted by Gasteiger charge is -2.35. The lowest BCUT2D eigenvalue weighted by molar-refractivity contribution is 0.669. The quantitative estimate of drug-likeness (QED) is 0.161. The molecular weight excluding hydrogens is 753 g/mol. The fourth-order valence-corrected chi connectivity index (χ4v) is 9.79. The van der Waals surface area contributed by atoms with Gasteiger partial charge in [-0.25, -0.2) is 9.97 Å². The van der Waals surface area contributed by atoms with Gasteiger partial charge in [-0.3, -0.25) is 0 Å². The van der Waals surface area contributed by atoms with Crippen LogP contribution in [0.5, 0.6) is 0 Å². The Labute approximate surface area is 360 Å². The highest BCUT2D eigenvalue weighted by atomic mass is 16.3. The average Bonchev–Trinajstić information content (AvgIpc) is 3.88. The smallest absolute Gasteiger partial charge is 0.160 e. The van der Waals surface area contributed by atoms with E-state index in [1.807, 2.05) is 30.3 Å². The summed E-state index contributed by atoms with van der Waals surface area (Å²) in [5, 5.41) is 2.24. The predicted octanol–water partition coefficient (Wildman–Crippen LogP) is 15.1. The molecule has 12 rings (SSSR count). The number of hydrogen-bond donors (Lipinski definition) is 0. The van der Waals surface area contributed by atoms with E-state index in [0.29, 0.717) is 5.82 Å². The summed E-state index contributed by atoms with van der Waals surface area (Å²) >= 11 is 0. The monoisotopic (exact) mass is 790 g/mol. The molecule has 11 aromatic rings. The first kappa shape index (κ1) is 35.8. The maximum atomic E-state index is 6.11. The van der Waals surface area contributed by atoms with E-state index in [0.717, 1.165) is 66.7 Å². The van der Waals surface area contributed by atoms with Crippen LogP contribution < -0.4 is 0 Å². The Morgan fingerprint density at radius 1 is 0.306 bits per heavy atom. The van der Waals surface area contributed by atoms with Gasteiger partial charge in [-0.15, -0.1) is 0 Å². The molecule has 62 heavy (non-hydrogen) atoms. The second-order valence-corrected chi connectivity index (χ2v) is 16.0. The highest BCUT2D eigenvalue weighted by Crippen LogP contribution is 2.57. The van der Waals surface area contributed by atoms with Crippen LogP contribution in [0.1, 0.15) is 22.3 Å². The van der Waals surface area contributed by atoms with E-state index in [2.05, 4.69) is 200 Å². The number of furan rings is 1. The van der Waals surface area contributed by atoms with Crippen LogP contribution >= 0.6 is 0 Å². The molecule has 0 saturated carbocycles. The van der Waals surface area contributed by atoms with Gasteiger partial charge in [-0.2, -0.15) is 0 Å². The molecular formula is C59H38N2O. The van der Waals surface area contributed by atoms with Crippen LogP contribution in [0.3, 0.4) is 0 Å². The summed E-state index contributed by atoms with van der Waals surface area (Å²) < 4.78 is 6.11. The average molecular weight is 791 g/mol. The van der Waals surface area contributed by atoms with Crippen molar-refractivity contribution in [3.05, 3.63) is 253 Å². The van der Waals surface area contributed by atoms with Crippen molar-refractivity contribution in [3.8, 4) is 67.3 Å². The summed E-state index contributed by atoms with van der Waals surface area (Å²) in [5.41, 5.74) is 18.2. The molecule has 0 unspecified atom stereocenters. The van der Waals surface area contributed by atoms with Gasteiger partial charge >= 0.3 is 0 Å². The fraction of sp³-hybridized carbons (Fsp3) is 0.0169. The molecule has 9 aromatic carbocycles. The van der Waals surface area contributed by atoms with Crippen LogP contribution in [-0.2, 0) is 5.41 Å². The first-order chi connectivity index (χ1) is 30.7. The summed E-state index contributed by atoms with van der Waals surface area (Å²) in [6.07, 6.45) is 0. The van der Waals surface area contributed by atoms with Crippen LogP contribution in [0.25, 0.3) is 89.2 Å². The molecule has 0 bridgehead atoms. The Bertz CT molecular complexity index is 3410. The molecule has 0 radical (unpaired) electrons. The van der Waals surface area contributed by atoms with E-state index in [4.69, 9.17) is 14.4 Å². The summed E-state index contributed by atoms with van der Waals surface area (Å²) in [4.78, 5) is 10.4. The predicted molar refractivity (Wildman–Crippen MR) is 254 cm³/mol. The van der Waals surface area contributed by atoms with Crippen LogP contribution in [0.4, 0.5) is 0 Å². The first-order valence-corrected chi connectivity index (χ1v) is 21.1. The molecule has 0 fully saturated rings. The second-order valence-electron chi connectivity index (χ2n) is 16.0. The SMILES string of the molecule is c1ccc(-c2nc(-c3ccc(-c4ccc5oc6ccccc6c5c4)cc3)cc(-c3cccc(-c4ccccc4C4(c5ccccc5)c5ccccc5-c5ccccc54)c3)n2)cc1. The Kier molecular flexibility index (Phi) is 8.39. The molecule has 2 aromatic heterocycles. The zero-order valence-corrected chi connectivity index (χ0v) is 33.7. The van der Waals surface area contributed by atoms with Gasteiger partial charge in [0.05, 0.1) is 16.8 Å². The molecule has 3 heteroatoms. The first-order valence-electron chi connectivity index (χ1n) is 21.1. The number of rotatable bonds is 7. The minimum Gasteiger partial charge on any atom is -0.456 e. The standard InChI is InChI=1S/C59H38N2O/c1-3-16-41(17-4-1)58-60-54(40-32-30-39(31-33-40)42-34-35-57-50(37-42)49-25-10-14-29-56(49)62-57)38-55(61-58)44-19-15-18-43(36-44)46-22-7-11-26-51(46)59(45-20-5-2-6-21-45)52-27-12-8-23-47(52)48-24-9-13-28-53(48)59/h1-38H. The molecule has 3 nitrogen and oxygen atoms in total. The highest BCUT2D eigenvalue weighted by molar-refractivity contribution is 6.06. The van der Waals surface area contributed by atoms with E-state index in [1.54, 1.807) is 0 Å². The Morgan fingerprint density at radius 2 is 0.823 bits per heavy atom. The van der Waals surface area contributed by atoms with Crippen LogP contribution in [0.15, 0.2) is 235 Å². The second kappa shape index (κ2) is 14.5. The van der Waals surface area contributed by atoms with Crippen molar-refractivity contribution in [3.63, 3.8) is 0 Å². The molecule has 0 N–H and O–H groups in total. The van der Waals surface area contributed by atoms with Gasteiger partial charge in [0.15, 0.2) is 5.82 Å². The number of benzene rings is 9. The Hall–Kier alpha value is -8.14. The van der Waals surface area contributed by atoms with Crippen molar-refractivity contribution in [2.75, 3.05) is 0 Å². The molecule has 290 valence electrons. The largest absolute Gasteiger partial charge is 0.456 e. The van der Waals surface area contributed by atoms with Crippen LogP contribution in [0, 0.1) is 0 Å². The van der Waals surface area contributed by atoms with Crippen molar-refractivity contribution < 1.29 is 4.42 Å². The minimum absolute atomic E-state index is 0.520. The molecule has 1 aliphatic carbocycles. The number of nitrogens with zero attached hydrogens (tertiary/aromatic N) is 2. The summed E-state index contributed by atoms with van der Waals surface area (Å²) in [7, 11) is 0. The van der Waals surface area contributed by atoms with E-state index in [-0.39, 0.29) is 0 Å². The lowest BCUT2D eigenvalue weighted by atomic mass is 9.66.